The Morgan fingerprint density at radius 2 is 2.00 bits per heavy atom. The van der Waals surface area contributed by atoms with Crippen molar-refractivity contribution in [3.63, 3.8) is 0 Å². The number of ether oxygens (including phenoxy) is 1. The summed E-state index contributed by atoms with van der Waals surface area (Å²) in [5, 5.41) is 3.16. The van der Waals surface area contributed by atoms with Gasteiger partial charge in [0.25, 0.3) is 10.0 Å². The van der Waals surface area contributed by atoms with E-state index in [0.29, 0.717) is 31.3 Å². The number of methoxy groups -OCH3 is 1. The molecule has 1 atom stereocenters. The smallest absolute Gasteiger partial charge is 0.274 e. The zero-order valence-corrected chi connectivity index (χ0v) is 14.0. The zero-order valence-electron chi connectivity index (χ0n) is 13.2. The highest BCUT2D eigenvalue weighted by Gasteiger charge is 2.21. The number of hydrogen-bond acceptors (Lipinski definition) is 5. The molecule has 21 heavy (non-hydrogen) atoms. The van der Waals surface area contributed by atoms with Crippen LogP contribution >= 0.6 is 0 Å². The van der Waals surface area contributed by atoms with Gasteiger partial charge in [-0.25, -0.2) is 13.1 Å². The van der Waals surface area contributed by atoms with Gasteiger partial charge >= 0.3 is 0 Å². The molecule has 0 spiro atoms. The molecule has 1 unspecified atom stereocenters. The van der Waals surface area contributed by atoms with Gasteiger partial charge in [0.2, 0.25) is 5.09 Å². The summed E-state index contributed by atoms with van der Waals surface area (Å²) >= 11 is 0. The minimum Gasteiger partial charge on any atom is -0.447 e. The van der Waals surface area contributed by atoms with Gasteiger partial charge in [-0.3, -0.25) is 0 Å². The van der Waals surface area contributed by atoms with Crippen molar-refractivity contribution in [1.82, 2.24) is 10.0 Å². The summed E-state index contributed by atoms with van der Waals surface area (Å²) in [7, 11) is -2.02. The molecule has 1 aromatic rings. The van der Waals surface area contributed by atoms with Crippen molar-refractivity contribution in [1.29, 1.82) is 0 Å². The molecule has 0 amide bonds. The predicted molar refractivity (Wildman–Crippen MR) is 81.5 cm³/mol. The van der Waals surface area contributed by atoms with Crippen molar-refractivity contribution in [2.45, 2.75) is 44.9 Å². The molecule has 1 aromatic heterocycles. The molecule has 0 saturated carbocycles. The fourth-order valence-corrected chi connectivity index (χ4v) is 2.99. The topological polar surface area (TPSA) is 80.6 Å². The Labute approximate surface area is 127 Å². The molecule has 1 rings (SSSR count). The lowest BCUT2D eigenvalue weighted by Crippen LogP contribution is -2.33. The second-order valence-corrected chi connectivity index (χ2v) is 7.19. The van der Waals surface area contributed by atoms with Crippen molar-refractivity contribution in [3.8, 4) is 0 Å². The van der Waals surface area contributed by atoms with E-state index in [0.717, 1.165) is 6.54 Å². The summed E-state index contributed by atoms with van der Waals surface area (Å²) in [5.41, 5.74) is 0. The van der Waals surface area contributed by atoms with E-state index in [9.17, 15) is 8.42 Å². The monoisotopic (exact) mass is 318 g/mol. The van der Waals surface area contributed by atoms with E-state index in [1.165, 1.54) is 6.07 Å². The second-order valence-electron chi connectivity index (χ2n) is 5.55. The average molecular weight is 318 g/mol. The summed E-state index contributed by atoms with van der Waals surface area (Å²) in [6, 6.07) is 2.96. The van der Waals surface area contributed by atoms with Gasteiger partial charge in [-0.2, -0.15) is 0 Å². The van der Waals surface area contributed by atoms with Crippen molar-refractivity contribution in [2.75, 3.05) is 20.3 Å². The first-order valence-electron chi connectivity index (χ1n) is 7.16. The molecule has 6 nitrogen and oxygen atoms in total. The van der Waals surface area contributed by atoms with Crippen molar-refractivity contribution in [2.24, 2.45) is 5.92 Å². The summed E-state index contributed by atoms with van der Waals surface area (Å²) in [6.07, 6.45) is 0.610. The third-order valence-corrected chi connectivity index (χ3v) is 4.33. The second kappa shape index (κ2) is 8.53. The molecule has 0 fully saturated rings. The van der Waals surface area contributed by atoms with Crippen molar-refractivity contribution in [3.05, 3.63) is 17.9 Å². The van der Waals surface area contributed by atoms with Gasteiger partial charge in [0.15, 0.2) is 0 Å². The van der Waals surface area contributed by atoms with Gasteiger partial charge in [0, 0.05) is 19.8 Å². The molecule has 0 aliphatic carbocycles. The zero-order chi connectivity index (χ0) is 15.9. The van der Waals surface area contributed by atoms with Crippen LogP contribution in [0, 0.1) is 5.92 Å². The van der Waals surface area contributed by atoms with E-state index < -0.39 is 10.0 Å². The normalized spacial score (nSPS) is 13.8. The first-order valence-corrected chi connectivity index (χ1v) is 8.64. The van der Waals surface area contributed by atoms with E-state index in [1.807, 2.05) is 0 Å². The number of rotatable bonds is 10. The van der Waals surface area contributed by atoms with E-state index in [-0.39, 0.29) is 11.1 Å². The Bertz CT molecular complexity index is 511. The maximum absolute atomic E-state index is 12.1. The van der Waals surface area contributed by atoms with Gasteiger partial charge in [-0.15, -0.1) is 0 Å². The number of furan rings is 1. The number of hydrogen-bond donors (Lipinski definition) is 2. The Kier molecular flexibility index (Phi) is 7.37. The Morgan fingerprint density at radius 3 is 2.62 bits per heavy atom. The molecule has 122 valence electrons. The highest BCUT2D eigenvalue weighted by molar-refractivity contribution is 7.89. The maximum atomic E-state index is 12.1. The molecule has 2 N–H and O–H groups in total. The van der Waals surface area contributed by atoms with Gasteiger partial charge in [-0.05, 0) is 37.9 Å². The number of nitrogens with one attached hydrogen (secondary N) is 2. The molecule has 7 heteroatoms. The maximum Gasteiger partial charge on any atom is 0.274 e. The Hall–Kier alpha value is -0.890. The van der Waals surface area contributed by atoms with Crippen LogP contribution in [0.5, 0.6) is 0 Å². The number of sulfonamides is 1. The van der Waals surface area contributed by atoms with E-state index in [1.54, 1.807) is 20.1 Å². The molecule has 0 aliphatic rings. The molecule has 0 aromatic carbocycles. The minimum absolute atomic E-state index is 0.0480. The summed E-state index contributed by atoms with van der Waals surface area (Å²) < 4.78 is 37.2. The Balaban J connectivity index is 2.57. The van der Waals surface area contributed by atoms with Crippen molar-refractivity contribution < 1.29 is 17.6 Å². The lowest BCUT2D eigenvalue weighted by Gasteiger charge is -2.12. The van der Waals surface area contributed by atoms with Crippen LogP contribution in [-0.2, 0) is 21.3 Å². The molecule has 0 bridgehead atoms. The minimum atomic E-state index is -3.61. The van der Waals surface area contributed by atoms with E-state index in [4.69, 9.17) is 9.15 Å². The van der Waals surface area contributed by atoms with Crippen LogP contribution in [0.2, 0.25) is 0 Å². The van der Waals surface area contributed by atoms with Crippen LogP contribution in [0.15, 0.2) is 21.6 Å². The fraction of sp³-hybridized carbons (Fsp3) is 0.714. The van der Waals surface area contributed by atoms with Gasteiger partial charge < -0.3 is 14.5 Å². The van der Waals surface area contributed by atoms with Gasteiger partial charge in [0.05, 0.1) is 6.54 Å². The fourth-order valence-electron chi connectivity index (χ4n) is 1.76. The largest absolute Gasteiger partial charge is 0.447 e. The molecule has 0 aliphatic heterocycles. The van der Waals surface area contributed by atoms with Crippen LogP contribution in [0.4, 0.5) is 0 Å². The average Bonchev–Trinajstić information content (AvgIpc) is 2.85. The standard InChI is InChI=1S/C14H26N2O4S/c1-11(2)9-15-10-13-5-6-14(20-13)21(17,18)16-12(3)7-8-19-4/h5-6,11-12,15-16H,7-10H2,1-4H3. The SMILES string of the molecule is COCCC(C)NS(=O)(=O)c1ccc(CNCC(C)C)o1. The van der Waals surface area contributed by atoms with Crippen LogP contribution < -0.4 is 10.0 Å². The third-order valence-electron chi connectivity index (χ3n) is 2.86. The van der Waals surface area contributed by atoms with Crippen LogP contribution in [0.25, 0.3) is 0 Å². The highest BCUT2D eigenvalue weighted by Crippen LogP contribution is 2.14. The van der Waals surface area contributed by atoms with Crippen LogP contribution in [0.1, 0.15) is 33.0 Å². The molecular weight excluding hydrogens is 292 g/mol. The van der Waals surface area contributed by atoms with Crippen LogP contribution in [0.3, 0.4) is 0 Å². The van der Waals surface area contributed by atoms with E-state index in [2.05, 4.69) is 23.9 Å². The first kappa shape index (κ1) is 18.2. The van der Waals surface area contributed by atoms with Crippen LogP contribution in [-0.4, -0.2) is 34.7 Å². The Morgan fingerprint density at radius 1 is 1.29 bits per heavy atom. The quantitative estimate of drug-likeness (QED) is 0.687. The van der Waals surface area contributed by atoms with Gasteiger partial charge in [0.1, 0.15) is 5.76 Å². The predicted octanol–water partition coefficient (Wildman–Crippen LogP) is 1.73. The summed E-state index contributed by atoms with van der Waals surface area (Å²) in [4.78, 5) is 0. The molecule has 0 saturated heterocycles. The van der Waals surface area contributed by atoms with E-state index >= 15 is 0 Å². The lowest BCUT2D eigenvalue weighted by molar-refractivity contribution is 0.188. The third kappa shape index (κ3) is 6.60. The molecule has 0 radical (unpaired) electrons. The summed E-state index contributed by atoms with van der Waals surface area (Å²) in [6.45, 7) is 7.89. The first-order chi connectivity index (χ1) is 9.85. The molecule has 1 heterocycles. The van der Waals surface area contributed by atoms with Gasteiger partial charge in [-0.1, -0.05) is 13.8 Å². The lowest BCUT2D eigenvalue weighted by atomic mass is 10.2. The summed E-state index contributed by atoms with van der Waals surface area (Å²) in [5.74, 6) is 1.15. The highest BCUT2D eigenvalue weighted by atomic mass is 32.2. The van der Waals surface area contributed by atoms with Crippen molar-refractivity contribution >= 4 is 10.0 Å². The molecular formula is C14H26N2O4S.